The van der Waals surface area contributed by atoms with Crippen LogP contribution in [0.5, 0.6) is 23.1 Å². The Kier molecular flexibility index (Phi) is 10.0. The highest BCUT2D eigenvalue weighted by Crippen LogP contribution is 2.38. The Bertz CT molecular complexity index is 1940. The molecule has 12 nitrogen and oxygen atoms in total. The molecule has 47 heavy (non-hydrogen) atoms. The van der Waals surface area contributed by atoms with Crippen molar-refractivity contribution >= 4 is 34.1 Å². The van der Waals surface area contributed by atoms with Crippen LogP contribution < -0.4 is 25.1 Å². The highest BCUT2D eigenvalue weighted by molar-refractivity contribution is 6.32. The quantitative estimate of drug-likeness (QED) is 0.159. The van der Waals surface area contributed by atoms with Crippen molar-refractivity contribution in [2.24, 2.45) is 0 Å². The first kappa shape index (κ1) is 32.0. The van der Waals surface area contributed by atoms with Gasteiger partial charge >= 0.3 is 0 Å². The van der Waals surface area contributed by atoms with E-state index >= 15 is 0 Å². The summed E-state index contributed by atoms with van der Waals surface area (Å²) in [4.78, 5) is 35.9. The minimum Gasteiger partial charge on any atom is -0.487 e. The first-order valence-electron chi connectivity index (χ1n) is 15.2. The molecule has 5 aromatic rings. The Labute approximate surface area is 275 Å². The molecule has 1 N–H and O–H groups in total. The van der Waals surface area contributed by atoms with Crippen LogP contribution in [0.3, 0.4) is 0 Å². The van der Waals surface area contributed by atoms with Crippen LogP contribution in [0.4, 0.5) is 5.69 Å². The molecule has 0 aliphatic carbocycles. The van der Waals surface area contributed by atoms with E-state index in [1.54, 1.807) is 49.2 Å². The molecule has 244 valence electrons. The monoisotopic (exact) mass is 659 g/mol. The van der Waals surface area contributed by atoms with Crippen LogP contribution in [0.2, 0.25) is 5.02 Å². The fourth-order valence-electron chi connectivity index (χ4n) is 5.46. The molecule has 1 aliphatic heterocycles. The summed E-state index contributed by atoms with van der Waals surface area (Å²) in [6.07, 6.45) is 3.85. The van der Waals surface area contributed by atoms with Gasteiger partial charge in [-0.25, -0.2) is 14.6 Å². The number of nitrogens with one attached hydrogen (secondary N) is 1. The molecular formula is C34H34ClN5O7. The lowest BCUT2D eigenvalue weighted by atomic mass is 10.1. The van der Waals surface area contributed by atoms with Crippen LogP contribution in [-0.2, 0) is 22.4 Å². The number of fused-ring (bicyclic) bond motifs is 2. The second-order valence-corrected chi connectivity index (χ2v) is 11.1. The number of halogens is 1. The topological polar surface area (TPSA) is 128 Å². The lowest BCUT2D eigenvalue weighted by molar-refractivity contribution is 0.102. The number of hydrogen-bond donors (Lipinski definition) is 1. The predicted molar refractivity (Wildman–Crippen MR) is 177 cm³/mol. The molecule has 13 heteroatoms. The van der Waals surface area contributed by atoms with Crippen LogP contribution in [-0.4, -0.2) is 65.9 Å². The Morgan fingerprint density at radius 3 is 2.36 bits per heavy atom. The fraction of sp³-hybridized carbons (Fsp3) is 0.294. The standard InChI is InChI=1S/C34H34ClN5O7/c1-43-14-16-45-29-19-24-26(20-30(29)46-17-15-44-2)36-21-37-33(24)47-28-12-11-22(18-25(28)35)38-32(41)31-27-10-6-7-13-39(27)40(34(31)42)23-8-4-3-5-9-23/h3-5,8-9,11-12,18-21H,6-7,10,13-17H2,1-2H3,(H,38,41). The lowest BCUT2D eigenvalue weighted by Crippen LogP contribution is -2.25. The molecule has 2 aromatic heterocycles. The van der Waals surface area contributed by atoms with Gasteiger partial charge in [-0.05, 0) is 55.7 Å². The number of nitrogens with zero attached hydrogens (tertiary/aromatic N) is 4. The maximum atomic E-state index is 13.6. The average molecular weight is 660 g/mol. The minimum absolute atomic E-state index is 0.131. The molecule has 0 unspecified atom stereocenters. The van der Waals surface area contributed by atoms with E-state index in [-0.39, 0.29) is 22.0 Å². The zero-order chi connectivity index (χ0) is 32.8. The van der Waals surface area contributed by atoms with Crippen molar-refractivity contribution in [2.45, 2.75) is 25.8 Å². The van der Waals surface area contributed by atoms with Gasteiger partial charge in [-0.3, -0.25) is 14.3 Å². The van der Waals surface area contributed by atoms with Crippen molar-refractivity contribution < 1.29 is 28.5 Å². The molecule has 1 aliphatic rings. The number of rotatable bonds is 13. The number of carbonyl (C=O) groups excluding carboxylic acids is 1. The zero-order valence-corrected chi connectivity index (χ0v) is 26.8. The number of carbonyl (C=O) groups is 1. The molecule has 0 bridgehead atoms. The maximum Gasteiger partial charge on any atom is 0.284 e. The molecule has 1 amide bonds. The number of ether oxygens (including phenoxy) is 5. The Morgan fingerprint density at radius 2 is 1.64 bits per heavy atom. The summed E-state index contributed by atoms with van der Waals surface area (Å²) in [6.45, 7) is 2.08. The van der Waals surface area contributed by atoms with Gasteiger partial charge in [0.1, 0.15) is 30.9 Å². The Morgan fingerprint density at radius 1 is 0.894 bits per heavy atom. The van der Waals surface area contributed by atoms with Gasteiger partial charge in [-0.15, -0.1) is 0 Å². The van der Waals surface area contributed by atoms with E-state index in [0.29, 0.717) is 78.9 Å². The van der Waals surface area contributed by atoms with Gasteiger partial charge in [-0.2, -0.15) is 0 Å². The summed E-state index contributed by atoms with van der Waals surface area (Å²) in [6, 6.07) is 17.7. The van der Waals surface area contributed by atoms with Crippen molar-refractivity contribution in [3.63, 3.8) is 0 Å². The van der Waals surface area contributed by atoms with Crippen LogP contribution in [0, 0.1) is 0 Å². The highest BCUT2D eigenvalue weighted by Gasteiger charge is 2.28. The molecule has 0 saturated carbocycles. The number of para-hydroxylation sites is 1. The largest absolute Gasteiger partial charge is 0.487 e. The second-order valence-electron chi connectivity index (χ2n) is 10.7. The van der Waals surface area contributed by atoms with Gasteiger partial charge in [0.05, 0.1) is 40.5 Å². The number of anilines is 1. The van der Waals surface area contributed by atoms with Gasteiger partial charge in [0.25, 0.3) is 11.5 Å². The van der Waals surface area contributed by atoms with Gasteiger partial charge in [0.15, 0.2) is 11.5 Å². The SMILES string of the molecule is COCCOc1cc2ncnc(Oc3ccc(NC(=O)c4c5n(n(-c6ccccc6)c4=O)CCCC5)cc3Cl)c2cc1OCCOC. The lowest BCUT2D eigenvalue weighted by Gasteiger charge is -2.19. The highest BCUT2D eigenvalue weighted by atomic mass is 35.5. The molecule has 0 radical (unpaired) electrons. The maximum absolute atomic E-state index is 13.6. The van der Waals surface area contributed by atoms with Crippen LogP contribution in [0.15, 0.2) is 71.8 Å². The smallest absolute Gasteiger partial charge is 0.284 e. The number of methoxy groups -OCH3 is 2. The number of aromatic nitrogens is 4. The van der Waals surface area contributed by atoms with E-state index in [1.165, 1.54) is 6.33 Å². The van der Waals surface area contributed by atoms with Crippen molar-refractivity contribution in [1.82, 2.24) is 19.3 Å². The van der Waals surface area contributed by atoms with E-state index in [2.05, 4.69) is 15.3 Å². The third-order valence-electron chi connectivity index (χ3n) is 7.66. The molecule has 0 atom stereocenters. The predicted octanol–water partition coefficient (Wildman–Crippen LogP) is 5.67. The molecular weight excluding hydrogens is 626 g/mol. The van der Waals surface area contributed by atoms with Crippen molar-refractivity contribution in [3.8, 4) is 28.8 Å². The first-order chi connectivity index (χ1) is 23.0. The first-order valence-corrected chi connectivity index (χ1v) is 15.6. The Hall–Kier alpha value is -4.91. The summed E-state index contributed by atoms with van der Waals surface area (Å²) in [5.74, 6) is 1.02. The summed E-state index contributed by atoms with van der Waals surface area (Å²) in [7, 11) is 3.19. The summed E-state index contributed by atoms with van der Waals surface area (Å²) < 4.78 is 31.6. The molecule has 0 fully saturated rings. The van der Waals surface area contributed by atoms with Gasteiger partial charge in [0, 0.05) is 32.5 Å². The summed E-state index contributed by atoms with van der Waals surface area (Å²) in [5.41, 5.74) is 2.19. The van der Waals surface area contributed by atoms with Crippen LogP contribution in [0.1, 0.15) is 28.9 Å². The molecule has 6 rings (SSSR count). The van der Waals surface area contributed by atoms with E-state index in [1.807, 2.05) is 35.0 Å². The van der Waals surface area contributed by atoms with Crippen LogP contribution in [0.25, 0.3) is 16.6 Å². The second kappa shape index (κ2) is 14.7. The number of amides is 1. The molecule has 3 aromatic carbocycles. The van der Waals surface area contributed by atoms with E-state index in [4.69, 9.17) is 35.3 Å². The minimum atomic E-state index is -0.494. The Balaban J connectivity index is 1.25. The molecule has 3 heterocycles. The van der Waals surface area contributed by atoms with Crippen molar-refractivity contribution in [3.05, 3.63) is 93.6 Å². The normalized spacial score (nSPS) is 12.5. The summed E-state index contributed by atoms with van der Waals surface area (Å²) in [5, 5.41) is 3.65. The van der Waals surface area contributed by atoms with Gasteiger partial charge in [-0.1, -0.05) is 29.8 Å². The van der Waals surface area contributed by atoms with Crippen molar-refractivity contribution in [2.75, 3.05) is 46.0 Å². The fourth-order valence-corrected chi connectivity index (χ4v) is 5.68. The van der Waals surface area contributed by atoms with Crippen LogP contribution >= 0.6 is 11.6 Å². The van der Waals surface area contributed by atoms with E-state index in [9.17, 15) is 9.59 Å². The number of hydrogen-bond acceptors (Lipinski definition) is 9. The third-order valence-corrected chi connectivity index (χ3v) is 7.96. The molecule has 0 saturated heterocycles. The summed E-state index contributed by atoms with van der Waals surface area (Å²) >= 11 is 6.64. The third kappa shape index (κ3) is 6.94. The zero-order valence-electron chi connectivity index (χ0n) is 26.0. The van der Waals surface area contributed by atoms with E-state index < -0.39 is 5.91 Å². The van der Waals surface area contributed by atoms with E-state index in [0.717, 1.165) is 18.5 Å². The average Bonchev–Trinajstić information content (AvgIpc) is 3.38. The van der Waals surface area contributed by atoms with Crippen molar-refractivity contribution in [1.29, 1.82) is 0 Å². The number of benzene rings is 3. The molecule has 0 spiro atoms. The van der Waals surface area contributed by atoms with Gasteiger partial charge < -0.3 is 29.0 Å². The van der Waals surface area contributed by atoms with Gasteiger partial charge in [0.2, 0.25) is 5.88 Å².